The van der Waals surface area contributed by atoms with E-state index in [9.17, 15) is 0 Å². The zero-order chi connectivity index (χ0) is 13.7. The predicted octanol–water partition coefficient (Wildman–Crippen LogP) is 6.03. The smallest absolute Gasteiger partial charge is 0.0143 e. The highest BCUT2D eigenvalue weighted by Gasteiger charge is 2.19. The maximum atomic E-state index is 3.52. The Morgan fingerprint density at radius 1 is 0.889 bits per heavy atom. The van der Waals surface area contributed by atoms with Gasteiger partial charge >= 0.3 is 0 Å². The third-order valence-corrected chi connectivity index (χ3v) is 4.46. The highest BCUT2D eigenvalue weighted by molar-refractivity contribution is 5.41. The van der Waals surface area contributed by atoms with E-state index >= 15 is 0 Å². The molecule has 0 heterocycles. The molecule has 0 aliphatic heterocycles. The van der Waals surface area contributed by atoms with Crippen LogP contribution >= 0.6 is 0 Å². The van der Waals surface area contributed by atoms with Gasteiger partial charge in [-0.2, -0.15) is 0 Å². The van der Waals surface area contributed by atoms with Crippen LogP contribution in [0.15, 0.2) is 12.1 Å². The van der Waals surface area contributed by atoms with E-state index < -0.39 is 0 Å². The van der Waals surface area contributed by atoms with Crippen LogP contribution in [0.25, 0.3) is 0 Å². The lowest BCUT2D eigenvalue weighted by molar-refractivity contribution is 0.644. The van der Waals surface area contributed by atoms with Crippen LogP contribution in [0.5, 0.6) is 0 Å². The number of benzene rings is 1. The van der Waals surface area contributed by atoms with Crippen molar-refractivity contribution in [3.05, 3.63) is 34.9 Å². The summed E-state index contributed by atoms with van der Waals surface area (Å²) < 4.78 is 0. The van der Waals surface area contributed by atoms with Crippen molar-refractivity contribution in [1.29, 1.82) is 0 Å². The molecule has 101 valence electrons. The van der Waals surface area contributed by atoms with Crippen LogP contribution in [0.1, 0.15) is 95.2 Å². The molecule has 0 amide bonds. The Labute approximate surface area is 114 Å². The van der Waals surface area contributed by atoms with Crippen LogP contribution in [-0.4, -0.2) is 0 Å². The van der Waals surface area contributed by atoms with Crippen LogP contribution in [0.2, 0.25) is 0 Å². The summed E-state index contributed by atoms with van der Waals surface area (Å²) in [6.45, 7) is 13.9. The molecule has 0 fully saturated rings. The van der Waals surface area contributed by atoms with E-state index in [-0.39, 0.29) is 0 Å². The van der Waals surface area contributed by atoms with Crippen molar-refractivity contribution in [1.82, 2.24) is 0 Å². The van der Waals surface area contributed by atoms with Crippen molar-refractivity contribution in [3.63, 3.8) is 0 Å². The maximum Gasteiger partial charge on any atom is -0.0143 e. The molecule has 0 heteroatoms. The van der Waals surface area contributed by atoms with Crippen LogP contribution in [0, 0.1) is 6.07 Å². The lowest BCUT2D eigenvalue weighted by atomic mass is 9.80. The molecule has 3 atom stereocenters. The van der Waals surface area contributed by atoms with E-state index in [1.54, 1.807) is 11.1 Å². The molecule has 0 bridgehead atoms. The van der Waals surface area contributed by atoms with Crippen LogP contribution in [0.3, 0.4) is 0 Å². The molecule has 1 radical (unpaired) electrons. The Kier molecular flexibility index (Phi) is 5.91. The summed E-state index contributed by atoms with van der Waals surface area (Å²) in [5, 5.41) is 0. The van der Waals surface area contributed by atoms with Gasteiger partial charge in [-0.25, -0.2) is 0 Å². The van der Waals surface area contributed by atoms with Gasteiger partial charge in [0.2, 0.25) is 0 Å². The Hall–Kier alpha value is -0.780. The third-order valence-electron chi connectivity index (χ3n) is 4.46. The zero-order valence-corrected chi connectivity index (χ0v) is 13.0. The molecular weight excluding hydrogens is 216 g/mol. The lowest BCUT2D eigenvalue weighted by Gasteiger charge is -2.25. The lowest BCUT2D eigenvalue weighted by Crippen LogP contribution is -2.08. The Morgan fingerprint density at radius 3 is 1.94 bits per heavy atom. The van der Waals surface area contributed by atoms with E-state index in [1.807, 2.05) is 0 Å². The average molecular weight is 245 g/mol. The summed E-state index contributed by atoms with van der Waals surface area (Å²) in [5.41, 5.74) is 4.61. The minimum absolute atomic E-state index is 0.623. The molecule has 0 N–H and O–H groups in total. The van der Waals surface area contributed by atoms with E-state index in [2.05, 4.69) is 59.7 Å². The summed E-state index contributed by atoms with van der Waals surface area (Å²) in [7, 11) is 0. The highest BCUT2D eigenvalue weighted by atomic mass is 14.2. The van der Waals surface area contributed by atoms with Gasteiger partial charge < -0.3 is 0 Å². The molecule has 0 nitrogen and oxygen atoms in total. The van der Waals surface area contributed by atoms with Crippen LogP contribution in [-0.2, 0) is 0 Å². The van der Waals surface area contributed by atoms with Gasteiger partial charge in [0.15, 0.2) is 0 Å². The fourth-order valence-electron chi connectivity index (χ4n) is 2.56. The molecule has 1 aromatic rings. The molecule has 0 aromatic heterocycles. The van der Waals surface area contributed by atoms with Crippen molar-refractivity contribution >= 4 is 0 Å². The van der Waals surface area contributed by atoms with Crippen molar-refractivity contribution in [2.75, 3.05) is 0 Å². The minimum atomic E-state index is 0.623. The predicted molar refractivity (Wildman–Crippen MR) is 81.4 cm³/mol. The van der Waals surface area contributed by atoms with Crippen molar-refractivity contribution in [2.45, 2.75) is 78.6 Å². The maximum absolute atomic E-state index is 3.52. The van der Waals surface area contributed by atoms with Gasteiger partial charge in [-0.15, -0.1) is 0 Å². The monoisotopic (exact) mass is 245 g/mol. The molecule has 0 aliphatic rings. The molecule has 0 saturated heterocycles. The second-order valence-corrected chi connectivity index (χ2v) is 5.69. The van der Waals surface area contributed by atoms with E-state index in [0.717, 1.165) is 0 Å². The van der Waals surface area contributed by atoms with Crippen LogP contribution in [0.4, 0.5) is 0 Å². The van der Waals surface area contributed by atoms with Gasteiger partial charge in [-0.1, -0.05) is 53.7 Å². The molecular formula is C18H29. The highest BCUT2D eigenvalue weighted by Crippen LogP contribution is 2.36. The average Bonchev–Trinajstić information content (AvgIpc) is 2.43. The first-order chi connectivity index (χ1) is 8.56. The second kappa shape index (κ2) is 6.97. The van der Waals surface area contributed by atoms with Crippen molar-refractivity contribution in [2.24, 2.45) is 0 Å². The molecule has 3 unspecified atom stereocenters. The van der Waals surface area contributed by atoms with Gasteiger partial charge in [-0.3, -0.25) is 0 Å². The first-order valence-corrected chi connectivity index (χ1v) is 7.60. The zero-order valence-electron chi connectivity index (χ0n) is 13.0. The standard InChI is InChI=1S/C18H29/c1-7-13(4)16-11-10-12-17(14(5)8-2)18(16)15(6)9-3/h10-11,13-15H,7-9H2,1-6H3. The summed E-state index contributed by atoms with van der Waals surface area (Å²) in [6.07, 6.45) is 3.63. The summed E-state index contributed by atoms with van der Waals surface area (Å²) in [6, 6.07) is 7.95. The largest absolute Gasteiger partial charge is 0.0648 e. The van der Waals surface area contributed by atoms with Gasteiger partial charge in [0.1, 0.15) is 0 Å². The molecule has 1 aromatic carbocycles. The Balaban J connectivity index is 3.34. The van der Waals surface area contributed by atoms with E-state index in [1.165, 1.54) is 24.8 Å². The van der Waals surface area contributed by atoms with Crippen molar-refractivity contribution in [3.8, 4) is 0 Å². The molecule has 0 aliphatic carbocycles. The fourth-order valence-corrected chi connectivity index (χ4v) is 2.56. The van der Waals surface area contributed by atoms with Crippen molar-refractivity contribution < 1.29 is 0 Å². The van der Waals surface area contributed by atoms with Gasteiger partial charge in [0.05, 0.1) is 0 Å². The number of hydrogen-bond donors (Lipinski definition) is 0. The first-order valence-electron chi connectivity index (χ1n) is 7.60. The summed E-state index contributed by atoms with van der Waals surface area (Å²) in [4.78, 5) is 0. The SMILES string of the molecule is CCC(C)c1[c]ccc(C(C)CC)c1C(C)CC. The van der Waals surface area contributed by atoms with E-state index in [4.69, 9.17) is 0 Å². The van der Waals surface area contributed by atoms with Crippen LogP contribution < -0.4 is 0 Å². The number of rotatable bonds is 6. The molecule has 0 spiro atoms. The topological polar surface area (TPSA) is 0 Å². The second-order valence-electron chi connectivity index (χ2n) is 5.69. The third kappa shape index (κ3) is 3.16. The molecule has 1 rings (SSSR count). The summed E-state index contributed by atoms with van der Waals surface area (Å²) >= 11 is 0. The normalized spacial score (nSPS) is 16.3. The quantitative estimate of drug-likeness (QED) is 0.574. The molecule has 18 heavy (non-hydrogen) atoms. The Morgan fingerprint density at radius 2 is 1.44 bits per heavy atom. The van der Waals surface area contributed by atoms with Gasteiger partial charge in [0.25, 0.3) is 0 Å². The van der Waals surface area contributed by atoms with Gasteiger partial charge in [-0.05, 0) is 59.8 Å². The molecule has 0 saturated carbocycles. The number of hydrogen-bond acceptors (Lipinski definition) is 0. The first kappa shape index (κ1) is 15.3. The van der Waals surface area contributed by atoms with Gasteiger partial charge in [0, 0.05) is 0 Å². The van der Waals surface area contributed by atoms with E-state index in [0.29, 0.717) is 17.8 Å². The summed E-state index contributed by atoms with van der Waals surface area (Å²) in [5.74, 6) is 1.93. The Bertz CT molecular complexity index is 336. The fraction of sp³-hybridized carbons (Fsp3) is 0.667. The minimum Gasteiger partial charge on any atom is -0.0648 e.